The van der Waals surface area contributed by atoms with Gasteiger partial charge in [-0.2, -0.15) is 0 Å². The maximum atomic E-state index is 12.7. The molecule has 1 aliphatic heterocycles. The quantitative estimate of drug-likeness (QED) is 0.480. The number of hydrogen-bond donors (Lipinski definition) is 0. The number of nitrogens with zero attached hydrogens (tertiary/aromatic N) is 1. The molecule has 4 rings (SSSR count). The maximum Gasteiger partial charge on any atom is 0.379 e. The summed E-state index contributed by atoms with van der Waals surface area (Å²) in [5.74, 6) is -0.346. The molecule has 1 aromatic carbocycles. The van der Waals surface area contributed by atoms with Crippen molar-refractivity contribution in [3.05, 3.63) is 48.4 Å². The molecule has 3 atom stereocenters. The molecule has 6 heteroatoms. The summed E-state index contributed by atoms with van der Waals surface area (Å²) in [4.78, 5) is 38.6. The summed E-state index contributed by atoms with van der Waals surface area (Å²) in [5.41, 5.74) is 0.514. The van der Waals surface area contributed by atoms with Crippen molar-refractivity contribution in [2.45, 2.75) is 26.2 Å². The highest BCUT2D eigenvalue weighted by molar-refractivity contribution is 6.22. The number of imide groups is 1. The summed E-state index contributed by atoms with van der Waals surface area (Å²) >= 11 is 0. The summed E-state index contributed by atoms with van der Waals surface area (Å²) < 4.78 is 10.2. The minimum Gasteiger partial charge on any atom is -0.457 e. The van der Waals surface area contributed by atoms with Crippen molar-refractivity contribution in [2.24, 2.45) is 17.8 Å². The van der Waals surface area contributed by atoms with Gasteiger partial charge >= 0.3 is 5.97 Å². The van der Waals surface area contributed by atoms with E-state index in [0.717, 1.165) is 19.3 Å². The minimum atomic E-state index is -0.601. The minimum absolute atomic E-state index is 0.108. The van der Waals surface area contributed by atoms with E-state index in [0.29, 0.717) is 17.4 Å². The number of esters is 1. The molecular formula is C20H19NO5. The van der Waals surface area contributed by atoms with Crippen molar-refractivity contribution in [2.75, 3.05) is 4.90 Å². The van der Waals surface area contributed by atoms with Gasteiger partial charge in [0.1, 0.15) is 5.75 Å². The molecule has 2 aromatic rings. The van der Waals surface area contributed by atoms with Crippen LogP contribution in [0.3, 0.4) is 0 Å². The van der Waals surface area contributed by atoms with Gasteiger partial charge in [0, 0.05) is 0 Å². The third-order valence-corrected chi connectivity index (χ3v) is 5.22. The van der Waals surface area contributed by atoms with Crippen molar-refractivity contribution in [3.63, 3.8) is 0 Å². The molecule has 1 saturated carbocycles. The van der Waals surface area contributed by atoms with Crippen LogP contribution in [-0.2, 0) is 9.59 Å². The Morgan fingerprint density at radius 1 is 1.08 bits per heavy atom. The van der Waals surface area contributed by atoms with Crippen LogP contribution in [0.15, 0.2) is 47.1 Å². The predicted octanol–water partition coefficient (Wildman–Crippen LogP) is 3.42. The van der Waals surface area contributed by atoms with Crippen LogP contribution in [0.1, 0.15) is 36.7 Å². The van der Waals surface area contributed by atoms with E-state index in [1.165, 1.54) is 17.2 Å². The standard InChI is InChI=1S/C20H19NO5/c1-12-4-9-15-16(11-12)19(23)21(18(15)22)13-5-7-14(8-6-13)26-20(24)17-3-2-10-25-17/h2-3,5-8,10,12,15-16H,4,9,11H2,1H3/t12-,15+,16+/m1/s1. The number of hydrogen-bond acceptors (Lipinski definition) is 5. The van der Waals surface area contributed by atoms with Crippen LogP contribution in [0.5, 0.6) is 5.75 Å². The van der Waals surface area contributed by atoms with Crippen molar-refractivity contribution in [1.29, 1.82) is 0 Å². The summed E-state index contributed by atoms with van der Waals surface area (Å²) in [6.45, 7) is 2.12. The smallest absolute Gasteiger partial charge is 0.379 e. The molecule has 1 aromatic heterocycles. The first-order valence-corrected chi connectivity index (χ1v) is 8.78. The Morgan fingerprint density at radius 3 is 2.50 bits per heavy atom. The molecule has 0 spiro atoms. The van der Waals surface area contributed by atoms with Crippen LogP contribution in [0.25, 0.3) is 0 Å². The van der Waals surface area contributed by atoms with Crippen molar-refractivity contribution in [3.8, 4) is 5.75 Å². The van der Waals surface area contributed by atoms with Crippen molar-refractivity contribution in [1.82, 2.24) is 0 Å². The number of ether oxygens (including phenoxy) is 1. The lowest BCUT2D eigenvalue weighted by atomic mass is 9.76. The van der Waals surface area contributed by atoms with E-state index in [-0.39, 0.29) is 29.4 Å². The summed E-state index contributed by atoms with van der Waals surface area (Å²) in [6, 6.07) is 9.51. The average molecular weight is 353 g/mol. The van der Waals surface area contributed by atoms with E-state index < -0.39 is 5.97 Å². The monoisotopic (exact) mass is 353 g/mol. The molecule has 0 bridgehead atoms. The van der Waals surface area contributed by atoms with Gasteiger partial charge in [-0.15, -0.1) is 0 Å². The molecular weight excluding hydrogens is 334 g/mol. The van der Waals surface area contributed by atoms with Gasteiger partial charge in [-0.3, -0.25) is 14.5 Å². The zero-order valence-electron chi connectivity index (χ0n) is 14.4. The van der Waals surface area contributed by atoms with Gasteiger partial charge in [-0.1, -0.05) is 6.92 Å². The number of furan rings is 1. The Morgan fingerprint density at radius 2 is 1.81 bits per heavy atom. The van der Waals surface area contributed by atoms with Crippen LogP contribution in [0, 0.1) is 17.8 Å². The van der Waals surface area contributed by atoms with Gasteiger partial charge in [0.2, 0.25) is 17.6 Å². The second-order valence-corrected chi connectivity index (χ2v) is 7.00. The molecule has 0 radical (unpaired) electrons. The lowest BCUT2D eigenvalue weighted by Gasteiger charge is -2.25. The molecule has 0 unspecified atom stereocenters. The fourth-order valence-electron chi connectivity index (χ4n) is 3.86. The van der Waals surface area contributed by atoms with E-state index in [4.69, 9.17) is 9.15 Å². The highest BCUT2D eigenvalue weighted by Crippen LogP contribution is 2.42. The molecule has 2 amide bonds. The first-order chi connectivity index (χ1) is 12.5. The number of carbonyl (C=O) groups is 3. The Balaban J connectivity index is 1.51. The third-order valence-electron chi connectivity index (χ3n) is 5.22. The lowest BCUT2D eigenvalue weighted by Crippen LogP contribution is -2.30. The zero-order valence-corrected chi connectivity index (χ0v) is 14.4. The highest BCUT2D eigenvalue weighted by atomic mass is 16.5. The van der Waals surface area contributed by atoms with Crippen LogP contribution in [0.2, 0.25) is 0 Å². The number of carbonyl (C=O) groups excluding carboxylic acids is 3. The second kappa shape index (κ2) is 6.44. The van der Waals surface area contributed by atoms with Crippen LogP contribution in [0.4, 0.5) is 5.69 Å². The number of fused-ring (bicyclic) bond motifs is 1. The molecule has 0 N–H and O–H groups in total. The van der Waals surface area contributed by atoms with Gasteiger partial charge in [-0.25, -0.2) is 4.79 Å². The fraction of sp³-hybridized carbons (Fsp3) is 0.350. The lowest BCUT2D eigenvalue weighted by molar-refractivity contribution is -0.122. The molecule has 6 nitrogen and oxygen atoms in total. The van der Waals surface area contributed by atoms with Crippen LogP contribution < -0.4 is 9.64 Å². The molecule has 1 saturated heterocycles. The van der Waals surface area contributed by atoms with Gasteiger partial charge in [0.25, 0.3) is 0 Å². The molecule has 134 valence electrons. The van der Waals surface area contributed by atoms with Gasteiger partial charge < -0.3 is 9.15 Å². The Kier molecular flexibility index (Phi) is 4.11. The Hall–Kier alpha value is -2.89. The van der Waals surface area contributed by atoms with Gasteiger partial charge in [-0.05, 0) is 61.6 Å². The first kappa shape index (κ1) is 16.6. The predicted molar refractivity (Wildman–Crippen MR) is 92.6 cm³/mol. The summed E-state index contributed by atoms with van der Waals surface area (Å²) in [7, 11) is 0. The van der Waals surface area contributed by atoms with E-state index >= 15 is 0 Å². The largest absolute Gasteiger partial charge is 0.457 e. The zero-order chi connectivity index (χ0) is 18.3. The molecule has 2 aliphatic rings. The second-order valence-electron chi connectivity index (χ2n) is 7.00. The maximum absolute atomic E-state index is 12.7. The number of amides is 2. The normalized spacial score (nSPS) is 25.3. The van der Waals surface area contributed by atoms with Crippen LogP contribution in [-0.4, -0.2) is 17.8 Å². The fourth-order valence-corrected chi connectivity index (χ4v) is 3.86. The number of rotatable bonds is 3. The molecule has 26 heavy (non-hydrogen) atoms. The van der Waals surface area contributed by atoms with Gasteiger partial charge in [0.15, 0.2) is 0 Å². The number of benzene rings is 1. The van der Waals surface area contributed by atoms with E-state index in [1.807, 2.05) is 0 Å². The molecule has 2 fully saturated rings. The molecule has 1 aliphatic carbocycles. The summed E-state index contributed by atoms with van der Waals surface area (Å²) in [6.07, 6.45) is 3.91. The van der Waals surface area contributed by atoms with Crippen molar-refractivity contribution >= 4 is 23.5 Å². The van der Waals surface area contributed by atoms with Crippen LogP contribution >= 0.6 is 0 Å². The first-order valence-electron chi connectivity index (χ1n) is 8.78. The summed E-state index contributed by atoms with van der Waals surface area (Å²) in [5, 5.41) is 0. The topological polar surface area (TPSA) is 76.8 Å². The Bertz CT molecular complexity index is 840. The van der Waals surface area contributed by atoms with Crippen molar-refractivity contribution < 1.29 is 23.5 Å². The third kappa shape index (κ3) is 2.81. The Labute approximate surface area is 150 Å². The van der Waals surface area contributed by atoms with Gasteiger partial charge in [0.05, 0.1) is 23.8 Å². The average Bonchev–Trinajstić information content (AvgIpc) is 3.24. The van der Waals surface area contributed by atoms with E-state index in [2.05, 4.69) is 6.92 Å². The highest BCUT2D eigenvalue weighted by Gasteiger charge is 2.49. The molecule has 2 heterocycles. The van der Waals surface area contributed by atoms with E-state index in [9.17, 15) is 14.4 Å². The number of anilines is 1. The SMILES string of the molecule is C[C@@H]1CC[C@@H]2C(=O)N(c3ccc(OC(=O)c4ccco4)cc3)C(=O)[C@H]2C1. The van der Waals surface area contributed by atoms with E-state index in [1.54, 1.807) is 30.3 Å².